The van der Waals surface area contributed by atoms with Gasteiger partial charge in [0, 0.05) is 12.1 Å². The fourth-order valence-electron chi connectivity index (χ4n) is 2.52. The molecule has 18 heavy (non-hydrogen) atoms. The molecule has 0 amide bonds. The number of rotatable bonds is 9. The van der Waals surface area contributed by atoms with Crippen molar-refractivity contribution in [3.63, 3.8) is 0 Å². The molecule has 1 unspecified atom stereocenters. The van der Waals surface area contributed by atoms with E-state index in [1.165, 1.54) is 44.1 Å². The highest BCUT2D eigenvalue weighted by Crippen LogP contribution is 2.09. The van der Waals surface area contributed by atoms with Gasteiger partial charge in [-0.2, -0.15) is 0 Å². The lowest BCUT2D eigenvalue weighted by atomic mass is 10.0. The van der Waals surface area contributed by atoms with Crippen LogP contribution in [0.1, 0.15) is 58.4 Å². The van der Waals surface area contributed by atoms with Crippen LogP contribution < -0.4 is 5.32 Å². The molecular weight excluding hydrogens is 218 g/mol. The lowest BCUT2D eigenvalue weighted by molar-refractivity contribution is 0.384. The first-order valence-corrected chi connectivity index (χ1v) is 7.56. The summed E-state index contributed by atoms with van der Waals surface area (Å²) < 4.78 is 0. The van der Waals surface area contributed by atoms with Gasteiger partial charge in [-0.25, -0.2) is 0 Å². The summed E-state index contributed by atoms with van der Waals surface area (Å²) in [6, 6.07) is 12.1. The van der Waals surface area contributed by atoms with Gasteiger partial charge in [-0.05, 0) is 38.2 Å². The molecule has 102 valence electrons. The number of nitrogens with one attached hydrogen (secondary N) is 1. The third-order valence-corrected chi connectivity index (χ3v) is 3.50. The highest BCUT2D eigenvalue weighted by Gasteiger charge is 2.10. The molecule has 1 aromatic carbocycles. The second-order valence-corrected chi connectivity index (χ2v) is 5.37. The maximum Gasteiger partial charge on any atom is 0.00693 e. The molecule has 1 nitrogen and oxygen atoms in total. The van der Waals surface area contributed by atoms with Gasteiger partial charge in [0.05, 0.1) is 0 Å². The van der Waals surface area contributed by atoms with Crippen LogP contribution in [0.15, 0.2) is 30.3 Å². The van der Waals surface area contributed by atoms with Crippen molar-refractivity contribution in [2.75, 3.05) is 0 Å². The third-order valence-electron chi connectivity index (χ3n) is 3.50. The van der Waals surface area contributed by atoms with Crippen molar-refractivity contribution < 1.29 is 0 Å². The average Bonchev–Trinajstić information content (AvgIpc) is 2.38. The van der Waals surface area contributed by atoms with E-state index in [0.717, 1.165) is 0 Å². The molecule has 0 saturated heterocycles. The van der Waals surface area contributed by atoms with Crippen LogP contribution in [0.4, 0.5) is 0 Å². The lowest BCUT2D eigenvalue weighted by Crippen LogP contribution is -2.36. The van der Waals surface area contributed by atoms with Crippen molar-refractivity contribution in [3.8, 4) is 0 Å². The van der Waals surface area contributed by atoms with Crippen LogP contribution in [-0.2, 0) is 6.42 Å². The second-order valence-electron chi connectivity index (χ2n) is 5.37. The van der Waals surface area contributed by atoms with E-state index in [4.69, 9.17) is 0 Å². The molecule has 0 aromatic heterocycles. The zero-order valence-corrected chi connectivity index (χ0v) is 12.3. The SMILES string of the molecule is CCCC(CCC)NC(C)CCc1ccccc1. The smallest absolute Gasteiger partial charge is 0.00693 e. The fraction of sp³-hybridized carbons (Fsp3) is 0.647. The molecule has 0 aliphatic carbocycles. The quantitative estimate of drug-likeness (QED) is 0.674. The van der Waals surface area contributed by atoms with Crippen molar-refractivity contribution in [1.82, 2.24) is 5.32 Å². The summed E-state index contributed by atoms with van der Waals surface area (Å²) in [5, 5.41) is 3.79. The topological polar surface area (TPSA) is 12.0 Å². The maximum atomic E-state index is 3.79. The predicted octanol–water partition coefficient (Wildman–Crippen LogP) is 4.57. The summed E-state index contributed by atoms with van der Waals surface area (Å²) >= 11 is 0. The minimum Gasteiger partial charge on any atom is -0.311 e. The van der Waals surface area contributed by atoms with Crippen molar-refractivity contribution in [3.05, 3.63) is 35.9 Å². The first kappa shape index (κ1) is 15.2. The number of hydrogen-bond acceptors (Lipinski definition) is 1. The standard InChI is InChI=1S/C17H29N/c1-4-9-17(10-5-2)18-15(3)13-14-16-11-7-6-8-12-16/h6-8,11-12,15,17-18H,4-5,9-10,13-14H2,1-3H3. The Hall–Kier alpha value is -0.820. The van der Waals surface area contributed by atoms with Gasteiger partial charge in [0.1, 0.15) is 0 Å². The van der Waals surface area contributed by atoms with Gasteiger partial charge in [0.25, 0.3) is 0 Å². The maximum absolute atomic E-state index is 3.79. The Balaban J connectivity index is 2.29. The Kier molecular flexibility index (Phi) is 7.75. The Morgan fingerprint density at radius 2 is 1.56 bits per heavy atom. The van der Waals surface area contributed by atoms with E-state index in [1.807, 2.05) is 0 Å². The summed E-state index contributed by atoms with van der Waals surface area (Å²) in [4.78, 5) is 0. The first-order valence-electron chi connectivity index (χ1n) is 7.56. The van der Waals surface area contributed by atoms with Gasteiger partial charge in [-0.1, -0.05) is 57.0 Å². The Bertz CT molecular complexity index is 288. The minimum atomic E-state index is 0.619. The average molecular weight is 247 g/mol. The van der Waals surface area contributed by atoms with Gasteiger partial charge in [-0.3, -0.25) is 0 Å². The van der Waals surface area contributed by atoms with E-state index in [2.05, 4.69) is 56.4 Å². The van der Waals surface area contributed by atoms with Crippen LogP contribution in [0.2, 0.25) is 0 Å². The van der Waals surface area contributed by atoms with Crippen LogP contribution >= 0.6 is 0 Å². The summed E-state index contributed by atoms with van der Waals surface area (Å²) in [5.41, 5.74) is 1.45. The molecule has 0 aliphatic rings. The van der Waals surface area contributed by atoms with Gasteiger partial charge < -0.3 is 5.32 Å². The molecule has 0 fully saturated rings. The van der Waals surface area contributed by atoms with Gasteiger partial charge >= 0.3 is 0 Å². The van der Waals surface area contributed by atoms with Gasteiger partial charge in [0.2, 0.25) is 0 Å². The Morgan fingerprint density at radius 3 is 2.11 bits per heavy atom. The zero-order chi connectivity index (χ0) is 13.2. The summed E-state index contributed by atoms with van der Waals surface area (Å²) in [6.45, 7) is 6.87. The Labute approximate surface area is 113 Å². The van der Waals surface area contributed by atoms with E-state index in [1.54, 1.807) is 0 Å². The van der Waals surface area contributed by atoms with E-state index >= 15 is 0 Å². The molecule has 0 aliphatic heterocycles. The first-order chi connectivity index (χ1) is 8.76. The number of benzene rings is 1. The van der Waals surface area contributed by atoms with Crippen LogP contribution in [0.25, 0.3) is 0 Å². The van der Waals surface area contributed by atoms with Crippen molar-refractivity contribution in [2.45, 2.75) is 71.4 Å². The van der Waals surface area contributed by atoms with Crippen LogP contribution in [0.5, 0.6) is 0 Å². The highest BCUT2D eigenvalue weighted by atomic mass is 14.9. The van der Waals surface area contributed by atoms with Crippen molar-refractivity contribution >= 4 is 0 Å². The van der Waals surface area contributed by atoms with Gasteiger partial charge in [-0.15, -0.1) is 0 Å². The molecule has 0 spiro atoms. The normalized spacial score (nSPS) is 12.9. The van der Waals surface area contributed by atoms with Crippen molar-refractivity contribution in [2.24, 2.45) is 0 Å². The molecule has 1 heteroatoms. The summed E-state index contributed by atoms with van der Waals surface area (Å²) in [7, 11) is 0. The Morgan fingerprint density at radius 1 is 0.944 bits per heavy atom. The van der Waals surface area contributed by atoms with Crippen LogP contribution in [0, 0.1) is 0 Å². The van der Waals surface area contributed by atoms with Gasteiger partial charge in [0.15, 0.2) is 0 Å². The van der Waals surface area contributed by atoms with Crippen LogP contribution in [-0.4, -0.2) is 12.1 Å². The molecule has 0 heterocycles. The lowest BCUT2D eigenvalue weighted by Gasteiger charge is -2.22. The van der Waals surface area contributed by atoms with E-state index < -0.39 is 0 Å². The third kappa shape index (κ3) is 6.20. The molecule has 0 bridgehead atoms. The van der Waals surface area contributed by atoms with E-state index in [9.17, 15) is 0 Å². The molecular formula is C17H29N. The second kappa shape index (κ2) is 9.16. The summed E-state index contributed by atoms with van der Waals surface area (Å²) in [5.74, 6) is 0. The minimum absolute atomic E-state index is 0.619. The molecule has 1 atom stereocenters. The molecule has 1 N–H and O–H groups in total. The fourth-order valence-corrected chi connectivity index (χ4v) is 2.52. The zero-order valence-electron chi connectivity index (χ0n) is 12.3. The van der Waals surface area contributed by atoms with E-state index in [-0.39, 0.29) is 0 Å². The van der Waals surface area contributed by atoms with Crippen molar-refractivity contribution in [1.29, 1.82) is 0 Å². The largest absolute Gasteiger partial charge is 0.311 e. The van der Waals surface area contributed by atoms with E-state index in [0.29, 0.717) is 12.1 Å². The highest BCUT2D eigenvalue weighted by molar-refractivity contribution is 5.14. The molecule has 1 aromatic rings. The monoisotopic (exact) mass is 247 g/mol. The number of aryl methyl sites for hydroxylation is 1. The van der Waals surface area contributed by atoms with Crippen LogP contribution in [0.3, 0.4) is 0 Å². The number of hydrogen-bond donors (Lipinski definition) is 1. The summed E-state index contributed by atoms with van der Waals surface area (Å²) in [6.07, 6.45) is 7.59. The predicted molar refractivity (Wildman–Crippen MR) is 81.0 cm³/mol. The molecule has 1 rings (SSSR count). The molecule has 0 saturated carbocycles. The molecule has 0 radical (unpaired) electrons.